The molecule has 76 valence electrons. The fraction of sp³-hybridized carbons (Fsp3) is 0.714. The number of rotatable bonds is 8. The van der Waals surface area contributed by atoms with Gasteiger partial charge in [0, 0.05) is 0 Å². The maximum atomic E-state index is 10.3. The Bertz CT molecular complexity index is 163. The summed E-state index contributed by atoms with van der Waals surface area (Å²) in [5.74, 6) is -0.976. The van der Waals surface area contributed by atoms with E-state index in [4.69, 9.17) is 16.2 Å². The second kappa shape index (κ2) is 7.51. The van der Waals surface area contributed by atoms with Crippen LogP contribution in [0.1, 0.15) is 12.8 Å². The summed E-state index contributed by atoms with van der Waals surface area (Å²) in [7, 11) is 0. The van der Waals surface area contributed by atoms with Gasteiger partial charge in [-0.15, -0.1) is 0 Å². The summed E-state index contributed by atoms with van der Waals surface area (Å²) in [6.45, 7) is 0.903. The zero-order chi connectivity index (χ0) is 10.1. The van der Waals surface area contributed by atoms with Gasteiger partial charge in [-0.3, -0.25) is 15.5 Å². The van der Waals surface area contributed by atoms with E-state index in [9.17, 15) is 4.79 Å². The molecule has 6 nitrogen and oxygen atoms in total. The van der Waals surface area contributed by atoms with Crippen molar-refractivity contribution in [2.45, 2.75) is 18.9 Å². The summed E-state index contributed by atoms with van der Waals surface area (Å²) < 4.78 is 4.57. The summed E-state index contributed by atoms with van der Waals surface area (Å²) in [5.41, 5.74) is 5.26. The number of nitrogens with one attached hydrogen (secondary N) is 2. The Hall–Kier alpha value is -1.14. The zero-order valence-electron chi connectivity index (χ0n) is 7.32. The predicted octanol–water partition coefficient (Wildman–Crippen LogP) is -0.651. The van der Waals surface area contributed by atoms with E-state index in [1.54, 1.807) is 0 Å². The van der Waals surface area contributed by atoms with E-state index in [0.29, 0.717) is 19.4 Å². The molecule has 0 aromatic carbocycles. The third-order valence-electron chi connectivity index (χ3n) is 1.45. The van der Waals surface area contributed by atoms with Crippen molar-refractivity contribution in [2.75, 3.05) is 13.3 Å². The van der Waals surface area contributed by atoms with Crippen LogP contribution in [-0.4, -0.2) is 36.8 Å². The molecule has 0 aliphatic carbocycles. The Kier molecular flexibility index (Phi) is 6.85. The average Bonchev–Trinajstić information content (AvgIpc) is 2.10. The molecule has 0 saturated carbocycles. The van der Waals surface area contributed by atoms with Crippen LogP contribution in [0.2, 0.25) is 0 Å². The van der Waals surface area contributed by atoms with Crippen molar-refractivity contribution < 1.29 is 14.6 Å². The number of carboxylic acid groups (broad SMARTS) is 1. The Balaban J connectivity index is 3.15. The molecular weight excluding hydrogens is 174 g/mol. The second-order valence-electron chi connectivity index (χ2n) is 2.52. The molecule has 0 unspecified atom stereocenters. The van der Waals surface area contributed by atoms with Crippen LogP contribution in [-0.2, 0) is 9.53 Å². The Labute approximate surface area is 76.6 Å². The second-order valence-corrected chi connectivity index (χ2v) is 2.52. The molecule has 0 fully saturated rings. The van der Waals surface area contributed by atoms with Crippen molar-refractivity contribution in [3.8, 4) is 0 Å². The van der Waals surface area contributed by atoms with E-state index in [1.807, 2.05) is 0 Å². The number of nitrogens with two attached hydrogens (primary N) is 1. The molecule has 0 spiro atoms. The van der Waals surface area contributed by atoms with Crippen LogP contribution in [0.15, 0.2) is 0 Å². The molecular formula is C7H15N3O3. The number of aliphatic carboxylic acids is 1. The molecule has 1 atom stereocenters. The predicted molar refractivity (Wildman–Crippen MR) is 47.6 cm³/mol. The first-order valence-corrected chi connectivity index (χ1v) is 3.98. The van der Waals surface area contributed by atoms with Crippen LogP contribution in [0.4, 0.5) is 0 Å². The van der Waals surface area contributed by atoms with E-state index in [-0.39, 0.29) is 6.73 Å². The quantitative estimate of drug-likeness (QED) is 0.175. The molecule has 0 heterocycles. The van der Waals surface area contributed by atoms with Gasteiger partial charge >= 0.3 is 5.97 Å². The fourth-order valence-electron chi connectivity index (χ4n) is 0.743. The van der Waals surface area contributed by atoms with E-state index in [2.05, 4.69) is 10.1 Å². The molecule has 0 aromatic rings. The van der Waals surface area contributed by atoms with Gasteiger partial charge in [-0.05, 0) is 19.4 Å². The number of ether oxygens (including phenoxy) is 1. The van der Waals surface area contributed by atoms with E-state index >= 15 is 0 Å². The molecule has 5 N–H and O–H groups in total. The molecule has 0 amide bonds. The van der Waals surface area contributed by atoms with Crippen LogP contribution in [0, 0.1) is 5.41 Å². The molecule has 0 saturated heterocycles. The summed E-state index contributed by atoms with van der Waals surface area (Å²) in [6.07, 6.45) is 1.96. The smallest absolute Gasteiger partial charge is 0.320 e. The molecule has 13 heavy (non-hydrogen) atoms. The van der Waals surface area contributed by atoms with E-state index < -0.39 is 12.0 Å². The lowest BCUT2D eigenvalue weighted by molar-refractivity contribution is -0.138. The van der Waals surface area contributed by atoms with Gasteiger partial charge in [0.1, 0.15) is 12.8 Å². The highest BCUT2D eigenvalue weighted by molar-refractivity contribution is 5.72. The van der Waals surface area contributed by atoms with Crippen molar-refractivity contribution in [1.29, 1.82) is 5.41 Å². The monoisotopic (exact) mass is 189 g/mol. The molecule has 0 aromatic heterocycles. The third kappa shape index (κ3) is 7.23. The first-order chi connectivity index (χ1) is 6.18. The van der Waals surface area contributed by atoms with Gasteiger partial charge in [0.15, 0.2) is 6.40 Å². The van der Waals surface area contributed by atoms with Crippen molar-refractivity contribution in [1.82, 2.24) is 5.32 Å². The standard InChI is InChI=1S/C7H15N3O3/c8-4-13-5-10-3-1-2-6(9)7(11)12/h4,6,8,10H,1-3,5,9H2,(H,11,12)/t6-/m1/s1. The SMILES string of the molecule is N=COCNCCC[C@@H](N)C(=O)O. The van der Waals surface area contributed by atoms with Crippen LogP contribution in [0.5, 0.6) is 0 Å². The molecule has 6 heteroatoms. The van der Waals surface area contributed by atoms with Gasteiger partial charge in [-0.2, -0.15) is 0 Å². The number of hydrogen-bond acceptors (Lipinski definition) is 5. The highest BCUT2D eigenvalue weighted by atomic mass is 16.5. The summed E-state index contributed by atoms with van der Waals surface area (Å²) in [6, 6.07) is -0.787. The Morgan fingerprint density at radius 3 is 3.00 bits per heavy atom. The van der Waals surface area contributed by atoms with Gasteiger partial charge in [-0.1, -0.05) is 0 Å². The van der Waals surface area contributed by atoms with Gasteiger partial charge in [0.05, 0.1) is 0 Å². The van der Waals surface area contributed by atoms with Crippen LogP contribution in [0.25, 0.3) is 0 Å². The maximum Gasteiger partial charge on any atom is 0.320 e. The van der Waals surface area contributed by atoms with Gasteiger partial charge < -0.3 is 15.6 Å². The summed E-state index contributed by atoms with van der Waals surface area (Å²) in [5, 5.41) is 17.8. The lowest BCUT2D eigenvalue weighted by Crippen LogP contribution is -2.31. The minimum absolute atomic E-state index is 0.270. The Morgan fingerprint density at radius 2 is 2.46 bits per heavy atom. The molecule has 0 radical (unpaired) electrons. The lowest BCUT2D eigenvalue weighted by Gasteiger charge is -2.06. The van der Waals surface area contributed by atoms with E-state index in [0.717, 1.165) is 6.40 Å². The van der Waals surface area contributed by atoms with Crippen molar-refractivity contribution in [3.63, 3.8) is 0 Å². The minimum Gasteiger partial charge on any atom is -0.480 e. The lowest BCUT2D eigenvalue weighted by atomic mass is 10.2. The summed E-state index contributed by atoms with van der Waals surface area (Å²) >= 11 is 0. The average molecular weight is 189 g/mol. The first-order valence-electron chi connectivity index (χ1n) is 3.98. The topological polar surface area (TPSA) is 108 Å². The summed E-state index contributed by atoms with van der Waals surface area (Å²) in [4.78, 5) is 10.3. The van der Waals surface area contributed by atoms with Crippen molar-refractivity contribution in [2.24, 2.45) is 5.73 Å². The van der Waals surface area contributed by atoms with Crippen LogP contribution in [0.3, 0.4) is 0 Å². The molecule has 0 rings (SSSR count). The molecule has 0 aliphatic rings. The highest BCUT2D eigenvalue weighted by Crippen LogP contribution is 1.92. The van der Waals surface area contributed by atoms with Gasteiger partial charge in [0.2, 0.25) is 0 Å². The van der Waals surface area contributed by atoms with E-state index in [1.165, 1.54) is 0 Å². The maximum absolute atomic E-state index is 10.3. The normalized spacial score (nSPS) is 12.1. The minimum atomic E-state index is -0.976. The van der Waals surface area contributed by atoms with Gasteiger partial charge in [-0.25, -0.2) is 0 Å². The largest absolute Gasteiger partial charge is 0.480 e. The first kappa shape index (κ1) is 11.9. The number of carbonyl (C=O) groups is 1. The molecule has 0 aliphatic heterocycles. The molecule has 0 bridgehead atoms. The van der Waals surface area contributed by atoms with Crippen LogP contribution >= 0.6 is 0 Å². The number of hydrogen-bond donors (Lipinski definition) is 4. The third-order valence-corrected chi connectivity index (χ3v) is 1.45. The van der Waals surface area contributed by atoms with Gasteiger partial charge in [0.25, 0.3) is 0 Å². The van der Waals surface area contributed by atoms with Crippen LogP contribution < -0.4 is 11.1 Å². The van der Waals surface area contributed by atoms with Crippen molar-refractivity contribution in [3.05, 3.63) is 0 Å². The number of carboxylic acids is 1. The van der Waals surface area contributed by atoms with Crippen molar-refractivity contribution >= 4 is 12.4 Å². The fourth-order valence-corrected chi connectivity index (χ4v) is 0.743. The Morgan fingerprint density at radius 1 is 1.77 bits per heavy atom. The highest BCUT2D eigenvalue weighted by Gasteiger charge is 2.09. The zero-order valence-corrected chi connectivity index (χ0v) is 7.32.